The highest BCUT2D eigenvalue weighted by Crippen LogP contribution is 2.26. The third-order valence-corrected chi connectivity index (χ3v) is 4.57. The summed E-state index contributed by atoms with van der Waals surface area (Å²) in [5.74, 6) is 1.90. The topological polar surface area (TPSA) is 75.8 Å². The van der Waals surface area contributed by atoms with E-state index in [-0.39, 0.29) is 23.4 Å². The van der Waals surface area contributed by atoms with Gasteiger partial charge in [-0.1, -0.05) is 0 Å². The van der Waals surface area contributed by atoms with Crippen molar-refractivity contribution in [2.75, 3.05) is 37.5 Å². The van der Waals surface area contributed by atoms with E-state index in [1.807, 2.05) is 16.7 Å². The highest BCUT2D eigenvalue weighted by Gasteiger charge is 2.27. The molecule has 110 valence electrons. The van der Waals surface area contributed by atoms with Crippen LogP contribution < -0.4 is 5.73 Å². The van der Waals surface area contributed by atoms with Crippen molar-refractivity contribution in [3.63, 3.8) is 0 Å². The molecule has 1 heterocycles. The summed E-state index contributed by atoms with van der Waals surface area (Å²) < 4.78 is 5.09. The molecular weight excluding hydrogens is 276 g/mol. The van der Waals surface area contributed by atoms with Crippen molar-refractivity contribution in [1.29, 1.82) is 0 Å². The van der Waals surface area contributed by atoms with Crippen molar-refractivity contribution < 1.29 is 14.6 Å². The number of phenols is 1. The van der Waals surface area contributed by atoms with E-state index >= 15 is 0 Å². The number of anilines is 1. The van der Waals surface area contributed by atoms with E-state index in [2.05, 4.69) is 0 Å². The summed E-state index contributed by atoms with van der Waals surface area (Å²) in [5, 5.41) is 9.65. The second-order valence-corrected chi connectivity index (χ2v) is 5.93. The Hall–Kier alpha value is -1.40. The Kier molecular flexibility index (Phi) is 5.14. The quantitative estimate of drug-likeness (QED) is 0.637. The minimum absolute atomic E-state index is 0.0525. The van der Waals surface area contributed by atoms with Crippen LogP contribution in [0.2, 0.25) is 0 Å². The van der Waals surface area contributed by atoms with Gasteiger partial charge in [0.1, 0.15) is 5.75 Å². The van der Waals surface area contributed by atoms with Gasteiger partial charge in [-0.05, 0) is 30.4 Å². The number of hydrogen-bond donors (Lipinski definition) is 2. The predicted molar refractivity (Wildman–Crippen MR) is 81.2 cm³/mol. The molecule has 0 spiro atoms. The lowest BCUT2D eigenvalue weighted by Gasteiger charge is -2.28. The molecule has 1 aromatic carbocycles. The van der Waals surface area contributed by atoms with Crippen LogP contribution >= 0.6 is 11.8 Å². The molecule has 20 heavy (non-hydrogen) atoms. The molecule has 1 fully saturated rings. The lowest BCUT2D eigenvalue weighted by molar-refractivity contribution is 0.0624. The number of phenolic OH excluding ortho intramolecular Hbond substituents is 1. The van der Waals surface area contributed by atoms with Crippen LogP contribution in [-0.2, 0) is 4.74 Å². The Labute approximate surface area is 123 Å². The minimum atomic E-state index is -0.0788. The standard InChI is InChI=1S/C14H20N2O3S/c1-19-6-5-16(11-4-7-20-9-11)14(18)10-2-3-12(15)13(17)8-10/h2-3,8,11,17H,4-7,9,15H2,1H3. The van der Waals surface area contributed by atoms with Gasteiger partial charge in [0.25, 0.3) is 5.91 Å². The molecular formula is C14H20N2O3S. The maximum absolute atomic E-state index is 12.6. The number of carbonyl (C=O) groups excluding carboxylic acids is 1. The molecule has 3 N–H and O–H groups in total. The third kappa shape index (κ3) is 3.37. The normalized spacial score (nSPS) is 18.1. The van der Waals surface area contributed by atoms with Crippen LogP contribution in [-0.4, -0.2) is 53.7 Å². The maximum Gasteiger partial charge on any atom is 0.254 e. The summed E-state index contributed by atoms with van der Waals surface area (Å²) >= 11 is 1.86. The molecule has 1 atom stereocenters. The fourth-order valence-electron chi connectivity index (χ4n) is 2.25. The van der Waals surface area contributed by atoms with Crippen LogP contribution in [0.15, 0.2) is 18.2 Å². The van der Waals surface area contributed by atoms with Gasteiger partial charge in [-0.2, -0.15) is 11.8 Å². The van der Waals surface area contributed by atoms with E-state index in [4.69, 9.17) is 10.5 Å². The Morgan fingerprint density at radius 3 is 3.00 bits per heavy atom. The first-order valence-electron chi connectivity index (χ1n) is 6.59. The van der Waals surface area contributed by atoms with Crippen molar-refractivity contribution in [3.05, 3.63) is 23.8 Å². The number of hydrogen-bond acceptors (Lipinski definition) is 5. The first-order chi connectivity index (χ1) is 9.63. The first-order valence-corrected chi connectivity index (χ1v) is 7.75. The minimum Gasteiger partial charge on any atom is -0.506 e. The summed E-state index contributed by atoms with van der Waals surface area (Å²) in [5.41, 5.74) is 6.31. The van der Waals surface area contributed by atoms with Crippen molar-refractivity contribution in [2.24, 2.45) is 0 Å². The molecule has 0 aliphatic carbocycles. The number of nitrogen functional groups attached to an aromatic ring is 1. The number of carbonyl (C=O) groups is 1. The number of rotatable bonds is 5. The molecule has 6 heteroatoms. The molecule has 0 saturated carbocycles. The van der Waals surface area contributed by atoms with Gasteiger partial charge in [-0.15, -0.1) is 0 Å². The van der Waals surface area contributed by atoms with Crippen LogP contribution in [0.4, 0.5) is 5.69 Å². The second kappa shape index (κ2) is 6.85. The number of aromatic hydroxyl groups is 1. The molecule has 1 amide bonds. The first kappa shape index (κ1) is 15.0. The zero-order valence-corrected chi connectivity index (χ0v) is 12.4. The zero-order chi connectivity index (χ0) is 14.5. The molecule has 2 rings (SSSR count). The monoisotopic (exact) mass is 296 g/mol. The summed E-state index contributed by atoms with van der Waals surface area (Å²) in [6, 6.07) is 4.88. The SMILES string of the molecule is COCCN(C(=O)c1ccc(N)c(O)c1)C1CCSC1. The zero-order valence-electron chi connectivity index (χ0n) is 11.5. The van der Waals surface area contributed by atoms with E-state index in [0.717, 1.165) is 17.9 Å². The molecule has 0 radical (unpaired) electrons. The van der Waals surface area contributed by atoms with Crippen LogP contribution in [0.25, 0.3) is 0 Å². The Morgan fingerprint density at radius 2 is 2.40 bits per heavy atom. The Morgan fingerprint density at radius 1 is 1.60 bits per heavy atom. The van der Waals surface area contributed by atoms with Crippen LogP contribution in [0.5, 0.6) is 5.75 Å². The van der Waals surface area contributed by atoms with Crippen molar-refractivity contribution in [2.45, 2.75) is 12.5 Å². The average Bonchev–Trinajstić information content (AvgIpc) is 2.96. The molecule has 0 bridgehead atoms. The smallest absolute Gasteiger partial charge is 0.254 e. The van der Waals surface area contributed by atoms with Gasteiger partial charge >= 0.3 is 0 Å². The summed E-state index contributed by atoms with van der Waals surface area (Å²) in [7, 11) is 1.63. The highest BCUT2D eigenvalue weighted by atomic mass is 32.2. The fraction of sp³-hybridized carbons (Fsp3) is 0.500. The number of amides is 1. The fourth-order valence-corrected chi connectivity index (χ4v) is 3.47. The summed E-state index contributed by atoms with van der Waals surface area (Å²) in [6.07, 6.45) is 1.00. The molecule has 1 aliphatic rings. The van der Waals surface area contributed by atoms with Gasteiger partial charge in [0.05, 0.1) is 12.3 Å². The van der Waals surface area contributed by atoms with Gasteiger partial charge in [0.2, 0.25) is 0 Å². The molecule has 1 saturated heterocycles. The Bertz CT molecular complexity index is 475. The Balaban J connectivity index is 2.17. The number of nitrogens with two attached hydrogens (primary N) is 1. The largest absolute Gasteiger partial charge is 0.506 e. The van der Waals surface area contributed by atoms with E-state index < -0.39 is 0 Å². The maximum atomic E-state index is 12.6. The third-order valence-electron chi connectivity index (χ3n) is 3.42. The lowest BCUT2D eigenvalue weighted by atomic mass is 10.1. The number of benzene rings is 1. The van der Waals surface area contributed by atoms with Gasteiger partial charge in [0, 0.05) is 31.0 Å². The van der Waals surface area contributed by atoms with Crippen molar-refractivity contribution in [3.8, 4) is 5.75 Å². The van der Waals surface area contributed by atoms with E-state index in [1.54, 1.807) is 19.2 Å². The van der Waals surface area contributed by atoms with Crippen molar-refractivity contribution in [1.82, 2.24) is 4.90 Å². The lowest BCUT2D eigenvalue weighted by Crippen LogP contribution is -2.42. The van der Waals surface area contributed by atoms with Crippen LogP contribution in [0.1, 0.15) is 16.8 Å². The van der Waals surface area contributed by atoms with Gasteiger partial charge in [-0.25, -0.2) is 0 Å². The van der Waals surface area contributed by atoms with Gasteiger partial charge < -0.3 is 20.5 Å². The van der Waals surface area contributed by atoms with E-state index in [1.165, 1.54) is 6.07 Å². The number of ether oxygens (including phenoxy) is 1. The molecule has 1 aromatic rings. The molecule has 1 unspecified atom stereocenters. The highest BCUT2D eigenvalue weighted by molar-refractivity contribution is 7.99. The second-order valence-electron chi connectivity index (χ2n) is 4.78. The van der Waals surface area contributed by atoms with Gasteiger partial charge in [-0.3, -0.25) is 4.79 Å². The molecule has 1 aliphatic heterocycles. The molecule has 0 aromatic heterocycles. The predicted octanol–water partition coefficient (Wildman–Crippen LogP) is 1.57. The number of nitrogens with zero attached hydrogens (tertiary/aromatic N) is 1. The van der Waals surface area contributed by atoms with E-state index in [9.17, 15) is 9.90 Å². The molecule has 5 nitrogen and oxygen atoms in total. The van der Waals surface area contributed by atoms with Crippen LogP contribution in [0, 0.1) is 0 Å². The average molecular weight is 296 g/mol. The van der Waals surface area contributed by atoms with Crippen LogP contribution in [0.3, 0.4) is 0 Å². The van der Waals surface area contributed by atoms with Gasteiger partial charge in [0.15, 0.2) is 0 Å². The number of methoxy groups -OCH3 is 1. The summed E-state index contributed by atoms with van der Waals surface area (Å²) in [4.78, 5) is 14.5. The summed E-state index contributed by atoms with van der Waals surface area (Å²) in [6.45, 7) is 1.07. The van der Waals surface area contributed by atoms with E-state index in [0.29, 0.717) is 18.7 Å². The van der Waals surface area contributed by atoms with Crippen molar-refractivity contribution >= 4 is 23.4 Å². The number of thioether (sulfide) groups is 1.